The van der Waals surface area contributed by atoms with Crippen molar-refractivity contribution in [3.8, 4) is 17.6 Å². The van der Waals surface area contributed by atoms with Gasteiger partial charge >= 0.3 is 12.1 Å². The molecule has 1 heterocycles. The molecular weight excluding hydrogens is 344 g/mol. The summed E-state index contributed by atoms with van der Waals surface area (Å²) in [7, 11) is 1.45. The lowest BCUT2D eigenvalue weighted by Gasteiger charge is -2.10. The highest BCUT2D eigenvalue weighted by Gasteiger charge is 2.28. The van der Waals surface area contributed by atoms with Crippen molar-refractivity contribution in [3.63, 3.8) is 0 Å². The summed E-state index contributed by atoms with van der Waals surface area (Å²) in [5, 5.41) is 8.53. The number of benzene rings is 1. The first kappa shape index (κ1) is 18.8. The normalized spacial score (nSPS) is 13.2. The molecule has 1 saturated heterocycles. The zero-order valence-corrected chi connectivity index (χ0v) is 14.0. The summed E-state index contributed by atoms with van der Waals surface area (Å²) in [6, 6.07) is 6.73. The monoisotopic (exact) mass is 360 g/mol. The molecule has 0 N–H and O–H groups in total. The van der Waals surface area contributed by atoms with Gasteiger partial charge in [-0.05, 0) is 23.8 Å². The summed E-state index contributed by atoms with van der Waals surface area (Å²) in [5.74, 6) is -0.583. The van der Waals surface area contributed by atoms with Crippen LogP contribution in [0.2, 0.25) is 0 Å². The van der Waals surface area contributed by atoms with E-state index in [0.29, 0.717) is 17.1 Å². The second kappa shape index (κ2) is 9.08. The van der Waals surface area contributed by atoms with Crippen LogP contribution in [-0.2, 0) is 19.1 Å². The minimum Gasteiger partial charge on any atom is -0.493 e. The van der Waals surface area contributed by atoms with Crippen LogP contribution in [0.25, 0.3) is 6.08 Å². The van der Waals surface area contributed by atoms with Crippen LogP contribution in [0.5, 0.6) is 11.5 Å². The minimum absolute atomic E-state index is 0.115. The van der Waals surface area contributed by atoms with Gasteiger partial charge in [-0.1, -0.05) is 6.07 Å². The van der Waals surface area contributed by atoms with E-state index in [1.54, 1.807) is 18.2 Å². The van der Waals surface area contributed by atoms with Crippen LogP contribution in [0.1, 0.15) is 5.56 Å². The summed E-state index contributed by atoms with van der Waals surface area (Å²) in [5.41, 5.74) is 0.623. The van der Waals surface area contributed by atoms with Gasteiger partial charge in [0.05, 0.1) is 13.7 Å². The summed E-state index contributed by atoms with van der Waals surface area (Å²) in [6.07, 6.45) is 1.86. The third-order valence-corrected chi connectivity index (χ3v) is 3.29. The van der Waals surface area contributed by atoms with Crippen LogP contribution < -0.4 is 9.47 Å². The number of nitriles is 1. The Labute approximate surface area is 149 Å². The summed E-state index contributed by atoms with van der Waals surface area (Å²) >= 11 is 0. The molecule has 9 nitrogen and oxygen atoms in total. The smallest absolute Gasteiger partial charge is 0.416 e. The first-order valence-electron chi connectivity index (χ1n) is 7.55. The van der Waals surface area contributed by atoms with Gasteiger partial charge in [0.15, 0.2) is 24.7 Å². The van der Waals surface area contributed by atoms with Gasteiger partial charge in [-0.3, -0.25) is 4.79 Å². The maximum atomic E-state index is 11.7. The zero-order chi connectivity index (χ0) is 18.9. The average Bonchev–Trinajstić information content (AvgIpc) is 3.08. The lowest BCUT2D eigenvalue weighted by Crippen LogP contribution is -2.35. The van der Waals surface area contributed by atoms with Crippen molar-refractivity contribution in [1.82, 2.24) is 4.90 Å². The number of hydrogen-bond acceptors (Lipinski definition) is 8. The van der Waals surface area contributed by atoms with Gasteiger partial charge in [0.1, 0.15) is 12.7 Å². The van der Waals surface area contributed by atoms with Crippen LogP contribution in [0, 0.1) is 11.3 Å². The Bertz CT molecular complexity index is 767. The number of carbonyl (C=O) groups is 3. The molecule has 0 aliphatic carbocycles. The Balaban J connectivity index is 1.90. The largest absolute Gasteiger partial charge is 0.493 e. The third-order valence-electron chi connectivity index (χ3n) is 3.29. The van der Waals surface area contributed by atoms with Crippen LogP contribution in [0.3, 0.4) is 0 Å². The van der Waals surface area contributed by atoms with Gasteiger partial charge in [-0.2, -0.15) is 5.26 Å². The standard InChI is InChI=1S/C17H16N2O7/c1-23-14-10-12(2-4-13(14)24-8-6-18)3-5-16(21)26-11-15(20)19-7-9-25-17(19)22/h2-5,10H,7-9,11H2,1H3/b5-3+. The fourth-order valence-electron chi connectivity index (χ4n) is 2.06. The molecule has 2 rings (SSSR count). The van der Waals surface area contributed by atoms with Crippen molar-refractivity contribution in [2.45, 2.75) is 0 Å². The molecule has 1 fully saturated rings. The second-order valence-corrected chi connectivity index (χ2v) is 4.96. The molecule has 1 aliphatic heterocycles. The molecule has 0 unspecified atom stereocenters. The van der Waals surface area contributed by atoms with E-state index < -0.39 is 24.6 Å². The maximum Gasteiger partial charge on any atom is 0.416 e. The van der Waals surface area contributed by atoms with Crippen molar-refractivity contribution in [1.29, 1.82) is 5.26 Å². The van der Waals surface area contributed by atoms with Crippen LogP contribution in [0.4, 0.5) is 4.79 Å². The Hall–Kier alpha value is -3.54. The van der Waals surface area contributed by atoms with Gasteiger partial charge in [-0.15, -0.1) is 0 Å². The summed E-state index contributed by atoms with van der Waals surface area (Å²) < 4.78 is 19.8. The van der Waals surface area contributed by atoms with E-state index in [9.17, 15) is 14.4 Å². The Kier molecular flexibility index (Phi) is 6.56. The Morgan fingerprint density at radius 1 is 1.38 bits per heavy atom. The lowest BCUT2D eigenvalue weighted by molar-refractivity contribution is -0.146. The molecule has 1 aliphatic rings. The molecule has 0 bridgehead atoms. The van der Waals surface area contributed by atoms with Crippen LogP contribution >= 0.6 is 0 Å². The van der Waals surface area contributed by atoms with Crippen molar-refractivity contribution < 1.29 is 33.3 Å². The van der Waals surface area contributed by atoms with E-state index >= 15 is 0 Å². The number of carbonyl (C=O) groups excluding carboxylic acids is 3. The molecule has 1 aromatic carbocycles. The van der Waals surface area contributed by atoms with E-state index in [2.05, 4.69) is 4.74 Å². The fourth-order valence-corrected chi connectivity index (χ4v) is 2.06. The number of esters is 1. The number of cyclic esters (lactones) is 1. The fraction of sp³-hybridized carbons (Fsp3) is 0.294. The zero-order valence-electron chi connectivity index (χ0n) is 14.0. The summed E-state index contributed by atoms with van der Waals surface area (Å²) in [6.45, 7) is -0.390. The molecule has 0 saturated carbocycles. The first-order chi connectivity index (χ1) is 12.5. The lowest BCUT2D eigenvalue weighted by atomic mass is 10.2. The van der Waals surface area contributed by atoms with E-state index in [-0.39, 0.29) is 19.8 Å². The van der Waals surface area contributed by atoms with Crippen LogP contribution in [-0.4, -0.2) is 56.3 Å². The number of ether oxygens (including phenoxy) is 4. The number of hydrogen-bond donors (Lipinski definition) is 0. The Morgan fingerprint density at radius 3 is 2.85 bits per heavy atom. The molecule has 0 spiro atoms. The van der Waals surface area contributed by atoms with Gasteiger partial charge in [0.2, 0.25) is 0 Å². The van der Waals surface area contributed by atoms with Gasteiger partial charge in [0, 0.05) is 6.08 Å². The molecular formula is C17H16N2O7. The highest BCUT2D eigenvalue weighted by molar-refractivity contribution is 5.95. The Morgan fingerprint density at radius 2 is 2.19 bits per heavy atom. The summed E-state index contributed by atoms with van der Waals surface area (Å²) in [4.78, 5) is 35.5. The predicted molar refractivity (Wildman–Crippen MR) is 87.2 cm³/mol. The molecule has 26 heavy (non-hydrogen) atoms. The SMILES string of the molecule is COc1cc(/C=C/C(=O)OCC(=O)N2CCOC2=O)ccc1OCC#N. The molecule has 1 aromatic rings. The minimum atomic E-state index is -0.743. The van der Waals surface area contributed by atoms with E-state index in [1.807, 2.05) is 6.07 Å². The molecule has 0 atom stereocenters. The van der Waals surface area contributed by atoms with Crippen LogP contribution in [0.15, 0.2) is 24.3 Å². The van der Waals surface area contributed by atoms with E-state index in [1.165, 1.54) is 13.2 Å². The molecule has 136 valence electrons. The molecule has 9 heteroatoms. The van der Waals surface area contributed by atoms with Crippen molar-refractivity contribution in [3.05, 3.63) is 29.8 Å². The first-order valence-corrected chi connectivity index (χ1v) is 7.55. The number of rotatable bonds is 7. The highest BCUT2D eigenvalue weighted by atomic mass is 16.6. The molecule has 2 amide bonds. The van der Waals surface area contributed by atoms with E-state index in [0.717, 1.165) is 11.0 Å². The van der Waals surface area contributed by atoms with Crippen molar-refractivity contribution >= 4 is 24.0 Å². The number of amides is 2. The van der Waals surface area contributed by atoms with Gasteiger partial charge in [0.25, 0.3) is 5.91 Å². The number of methoxy groups -OCH3 is 1. The topological polar surface area (TPSA) is 115 Å². The van der Waals surface area contributed by atoms with Gasteiger partial charge in [-0.25, -0.2) is 14.5 Å². The molecule has 0 aromatic heterocycles. The maximum absolute atomic E-state index is 11.7. The number of imide groups is 1. The highest BCUT2D eigenvalue weighted by Crippen LogP contribution is 2.28. The number of nitrogens with zero attached hydrogens (tertiary/aromatic N) is 2. The average molecular weight is 360 g/mol. The third kappa shape index (κ3) is 4.98. The van der Waals surface area contributed by atoms with Crippen molar-refractivity contribution in [2.24, 2.45) is 0 Å². The second-order valence-electron chi connectivity index (χ2n) is 4.96. The van der Waals surface area contributed by atoms with Crippen molar-refractivity contribution in [2.75, 3.05) is 33.5 Å². The van der Waals surface area contributed by atoms with Gasteiger partial charge < -0.3 is 18.9 Å². The predicted octanol–water partition coefficient (Wildman–Crippen LogP) is 1.13. The van der Waals surface area contributed by atoms with E-state index in [4.69, 9.17) is 19.5 Å². The quantitative estimate of drug-likeness (QED) is 0.525. The molecule has 0 radical (unpaired) electrons.